The Morgan fingerprint density at radius 3 is 2.74 bits per heavy atom. The van der Waals surface area contributed by atoms with Crippen LogP contribution in [0.3, 0.4) is 0 Å². The van der Waals surface area contributed by atoms with E-state index in [-0.39, 0.29) is 6.04 Å². The molecule has 1 atom stereocenters. The lowest BCUT2D eigenvalue weighted by atomic mass is 10.1. The molecule has 4 heteroatoms. The summed E-state index contributed by atoms with van der Waals surface area (Å²) < 4.78 is 6.81. The minimum Gasteiger partial charge on any atom is -0.487 e. The third kappa shape index (κ3) is 3.78. The maximum absolute atomic E-state index is 5.95. The highest BCUT2D eigenvalue weighted by molar-refractivity contribution is 9.10. The number of hydrogen-bond acceptors (Lipinski definition) is 3. The van der Waals surface area contributed by atoms with Crippen LogP contribution in [0.2, 0.25) is 0 Å². The number of halogens is 1. The third-order valence-electron chi connectivity index (χ3n) is 2.82. The molecule has 19 heavy (non-hydrogen) atoms. The number of pyridine rings is 1. The van der Waals surface area contributed by atoms with E-state index in [9.17, 15) is 0 Å². The lowest BCUT2D eigenvalue weighted by Gasteiger charge is -2.14. The molecule has 0 saturated heterocycles. The Morgan fingerprint density at radius 1 is 1.32 bits per heavy atom. The molecule has 1 aromatic heterocycles. The summed E-state index contributed by atoms with van der Waals surface area (Å²) >= 11 is 3.36. The van der Waals surface area contributed by atoms with Gasteiger partial charge in [0, 0.05) is 22.3 Å². The molecule has 0 fully saturated rings. The van der Waals surface area contributed by atoms with Gasteiger partial charge in [0.15, 0.2) is 0 Å². The first kappa shape index (κ1) is 14.0. The average Bonchev–Trinajstić information content (AvgIpc) is 2.38. The Labute approximate surface area is 121 Å². The van der Waals surface area contributed by atoms with Crippen LogP contribution in [0.5, 0.6) is 5.75 Å². The summed E-state index contributed by atoms with van der Waals surface area (Å²) in [6.45, 7) is 4.43. The molecule has 0 amide bonds. The number of aromatic nitrogens is 1. The first-order chi connectivity index (χ1) is 9.06. The normalized spacial score (nSPS) is 12.2. The highest BCUT2D eigenvalue weighted by Gasteiger charge is 2.08. The van der Waals surface area contributed by atoms with Crippen molar-refractivity contribution in [3.05, 3.63) is 57.8 Å². The number of benzene rings is 1. The highest BCUT2D eigenvalue weighted by Crippen LogP contribution is 2.25. The van der Waals surface area contributed by atoms with Crippen molar-refractivity contribution in [3.63, 3.8) is 0 Å². The smallest absolute Gasteiger partial charge is 0.130 e. The molecule has 1 aromatic carbocycles. The van der Waals surface area contributed by atoms with E-state index in [0.29, 0.717) is 6.61 Å². The van der Waals surface area contributed by atoms with Gasteiger partial charge in [-0.25, -0.2) is 0 Å². The van der Waals surface area contributed by atoms with E-state index in [0.717, 1.165) is 27.0 Å². The van der Waals surface area contributed by atoms with Crippen LogP contribution in [0.1, 0.15) is 29.8 Å². The SMILES string of the molecule is Cc1ccc(C(C)N)c(OCc2ccc(Br)cn2)c1. The zero-order valence-corrected chi connectivity index (χ0v) is 12.6. The molecule has 0 aliphatic carbocycles. The minimum absolute atomic E-state index is 0.0477. The topological polar surface area (TPSA) is 48.1 Å². The second-order valence-electron chi connectivity index (χ2n) is 4.59. The van der Waals surface area contributed by atoms with Crippen molar-refractivity contribution in [2.24, 2.45) is 5.73 Å². The summed E-state index contributed by atoms with van der Waals surface area (Å²) in [4.78, 5) is 4.29. The molecule has 0 radical (unpaired) electrons. The number of nitrogens with two attached hydrogens (primary N) is 1. The Balaban J connectivity index is 2.14. The minimum atomic E-state index is -0.0477. The van der Waals surface area contributed by atoms with E-state index in [2.05, 4.69) is 20.9 Å². The van der Waals surface area contributed by atoms with Crippen molar-refractivity contribution in [2.45, 2.75) is 26.5 Å². The fourth-order valence-electron chi connectivity index (χ4n) is 1.79. The van der Waals surface area contributed by atoms with E-state index < -0.39 is 0 Å². The van der Waals surface area contributed by atoms with E-state index in [1.807, 2.05) is 44.2 Å². The van der Waals surface area contributed by atoms with Gasteiger partial charge in [-0.05, 0) is 53.5 Å². The van der Waals surface area contributed by atoms with E-state index >= 15 is 0 Å². The molecule has 2 aromatic rings. The van der Waals surface area contributed by atoms with Crippen molar-refractivity contribution in [1.82, 2.24) is 4.98 Å². The predicted molar refractivity (Wildman–Crippen MR) is 80.1 cm³/mol. The summed E-state index contributed by atoms with van der Waals surface area (Å²) in [5.74, 6) is 0.833. The summed E-state index contributed by atoms with van der Waals surface area (Å²) in [6.07, 6.45) is 1.77. The quantitative estimate of drug-likeness (QED) is 0.933. The van der Waals surface area contributed by atoms with Gasteiger partial charge in [0.05, 0.1) is 5.69 Å². The van der Waals surface area contributed by atoms with Gasteiger partial charge in [0.1, 0.15) is 12.4 Å². The van der Waals surface area contributed by atoms with Gasteiger partial charge in [-0.1, -0.05) is 12.1 Å². The molecule has 0 aliphatic rings. The summed E-state index contributed by atoms with van der Waals surface area (Å²) in [7, 11) is 0. The van der Waals surface area contributed by atoms with Crippen molar-refractivity contribution >= 4 is 15.9 Å². The lowest BCUT2D eigenvalue weighted by Crippen LogP contribution is -2.08. The Hall–Kier alpha value is -1.39. The lowest BCUT2D eigenvalue weighted by molar-refractivity contribution is 0.296. The van der Waals surface area contributed by atoms with Gasteiger partial charge >= 0.3 is 0 Å². The molecular weight excluding hydrogens is 304 g/mol. The van der Waals surface area contributed by atoms with Crippen LogP contribution in [0.4, 0.5) is 0 Å². The molecule has 2 N–H and O–H groups in total. The summed E-state index contributed by atoms with van der Waals surface area (Å²) in [6, 6.07) is 9.92. The second-order valence-corrected chi connectivity index (χ2v) is 5.50. The molecule has 1 unspecified atom stereocenters. The molecule has 0 spiro atoms. The molecule has 3 nitrogen and oxygen atoms in total. The monoisotopic (exact) mass is 320 g/mol. The maximum Gasteiger partial charge on any atom is 0.130 e. The number of hydrogen-bond donors (Lipinski definition) is 1. The van der Waals surface area contributed by atoms with E-state index in [1.165, 1.54) is 0 Å². The van der Waals surface area contributed by atoms with E-state index in [4.69, 9.17) is 10.5 Å². The van der Waals surface area contributed by atoms with Gasteiger partial charge < -0.3 is 10.5 Å². The molecular formula is C15H17BrN2O. The zero-order chi connectivity index (χ0) is 13.8. The van der Waals surface area contributed by atoms with E-state index in [1.54, 1.807) is 6.20 Å². The maximum atomic E-state index is 5.95. The number of nitrogens with zero attached hydrogens (tertiary/aromatic N) is 1. The predicted octanol–water partition coefficient (Wildman–Crippen LogP) is 3.75. The van der Waals surface area contributed by atoms with Crippen LogP contribution in [0.15, 0.2) is 41.0 Å². The van der Waals surface area contributed by atoms with Crippen LogP contribution in [0.25, 0.3) is 0 Å². The molecule has 0 bridgehead atoms. The third-order valence-corrected chi connectivity index (χ3v) is 3.29. The van der Waals surface area contributed by atoms with Crippen molar-refractivity contribution in [3.8, 4) is 5.75 Å². The number of rotatable bonds is 4. The first-order valence-electron chi connectivity index (χ1n) is 6.15. The van der Waals surface area contributed by atoms with Crippen LogP contribution < -0.4 is 10.5 Å². The summed E-state index contributed by atoms with van der Waals surface area (Å²) in [5.41, 5.74) is 9.01. The van der Waals surface area contributed by atoms with Crippen LogP contribution in [-0.4, -0.2) is 4.98 Å². The largest absolute Gasteiger partial charge is 0.487 e. The zero-order valence-electron chi connectivity index (χ0n) is 11.1. The Bertz CT molecular complexity index is 553. The van der Waals surface area contributed by atoms with Gasteiger partial charge in [0.2, 0.25) is 0 Å². The van der Waals surface area contributed by atoms with Crippen molar-refractivity contribution in [2.75, 3.05) is 0 Å². The van der Waals surface area contributed by atoms with Gasteiger partial charge in [-0.3, -0.25) is 4.98 Å². The Morgan fingerprint density at radius 2 is 2.11 bits per heavy atom. The van der Waals surface area contributed by atoms with Crippen molar-refractivity contribution < 1.29 is 4.74 Å². The van der Waals surface area contributed by atoms with Gasteiger partial charge in [-0.2, -0.15) is 0 Å². The Kier molecular flexibility index (Phi) is 4.56. The highest BCUT2D eigenvalue weighted by atomic mass is 79.9. The molecule has 2 rings (SSSR count). The van der Waals surface area contributed by atoms with Gasteiger partial charge in [-0.15, -0.1) is 0 Å². The second kappa shape index (κ2) is 6.17. The summed E-state index contributed by atoms with van der Waals surface area (Å²) in [5, 5.41) is 0. The number of aryl methyl sites for hydroxylation is 1. The number of ether oxygens (including phenoxy) is 1. The fraction of sp³-hybridized carbons (Fsp3) is 0.267. The average molecular weight is 321 g/mol. The van der Waals surface area contributed by atoms with Gasteiger partial charge in [0.25, 0.3) is 0 Å². The molecule has 0 saturated carbocycles. The van der Waals surface area contributed by atoms with Crippen LogP contribution >= 0.6 is 15.9 Å². The molecule has 1 heterocycles. The van der Waals surface area contributed by atoms with Crippen LogP contribution in [0, 0.1) is 6.92 Å². The molecule has 0 aliphatic heterocycles. The molecule has 100 valence electrons. The van der Waals surface area contributed by atoms with Crippen LogP contribution in [-0.2, 0) is 6.61 Å². The standard InChI is InChI=1S/C15H17BrN2O/c1-10-3-6-14(11(2)17)15(7-10)19-9-13-5-4-12(16)8-18-13/h3-8,11H,9,17H2,1-2H3. The van der Waals surface area contributed by atoms with Crippen molar-refractivity contribution in [1.29, 1.82) is 0 Å². The fourth-order valence-corrected chi connectivity index (χ4v) is 2.02. The first-order valence-corrected chi connectivity index (χ1v) is 6.95.